The van der Waals surface area contributed by atoms with Crippen molar-refractivity contribution in [1.82, 2.24) is 20.1 Å². The van der Waals surface area contributed by atoms with Gasteiger partial charge in [0.25, 0.3) is 0 Å². The fourth-order valence-corrected chi connectivity index (χ4v) is 2.48. The predicted molar refractivity (Wildman–Crippen MR) is 87.7 cm³/mol. The number of rotatable bonds is 4. The molecule has 6 nitrogen and oxygen atoms in total. The van der Waals surface area contributed by atoms with Crippen molar-refractivity contribution in [1.29, 1.82) is 0 Å². The molecule has 2 rings (SSSR count). The highest BCUT2D eigenvalue weighted by Crippen LogP contribution is 2.03. The number of nitrogens with one attached hydrogen (secondary N) is 1. The summed E-state index contributed by atoms with van der Waals surface area (Å²) in [6.07, 6.45) is 2.65. The van der Waals surface area contributed by atoms with Gasteiger partial charge in [0, 0.05) is 64.5 Å². The number of hydrogen-bond acceptors (Lipinski definition) is 3. The molecule has 0 atom stereocenters. The second-order valence-corrected chi connectivity index (χ2v) is 5.30. The van der Waals surface area contributed by atoms with E-state index in [1.165, 1.54) is 0 Å². The van der Waals surface area contributed by atoms with Crippen LogP contribution in [0.2, 0.25) is 0 Å². The van der Waals surface area contributed by atoms with Crippen LogP contribution in [-0.4, -0.2) is 65.9 Å². The summed E-state index contributed by atoms with van der Waals surface area (Å²) < 4.78 is 0. The lowest BCUT2D eigenvalue weighted by molar-refractivity contribution is -0.130. The first-order valence-corrected chi connectivity index (χ1v) is 7.89. The Balaban J connectivity index is 1.89. The molecule has 0 spiro atoms. The zero-order chi connectivity index (χ0) is 15.8. The monoisotopic (exact) mass is 303 g/mol. The number of carbonyl (C=O) groups excluding carboxylic acids is 1. The van der Waals surface area contributed by atoms with E-state index in [9.17, 15) is 4.79 Å². The highest BCUT2D eigenvalue weighted by molar-refractivity contribution is 5.80. The van der Waals surface area contributed by atoms with E-state index in [1.54, 1.807) is 6.92 Å². The van der Waals surface area contributed by atoms with Crippen molar-refractivity contribution in [2.24, 2.45) is 4.99 Å². The summed E-state index contributed by atoms with van der Waals surface area (Å²) >= 11 is 0. The Labute approximate surface area is 132 Å². The minimum atomic E-state index is 0.150. The fourth-order valence-electron chi connectivity index (χ4n) is 2.48. The van der Waals surface area contributed by atoms with E-state index >= 15 is 0 Å². The molecule has 22 heavy (non-hydrogen) atoms. The van der Waals surface area contributed by atoms with Gasteiger partial charge in [0.1, 0.15) is 0 Å². The molecule has 1 fully saturated rings. The van der Waals surface area contributed by atoms with Crippen molar-refractivity contribution in [2.75, 3.05) is 39.3 Å². The van der Waals surface area contributed by atoms with Crippen LogP contribution in [0.15, 0.2) is 29.4 Å². The van der Waals surface area contributed by atoms with Crippen LogP contribution >= 0.6 is 0 Å². The molecule has 0 saturated carbocycles. The standard InChI is InChI=1S/C16H25N5O/c1-3-17-16(19-9-7-15-6-4-5-8-18-15)21-12-10-20(11-13-21)14(2)22/h4-6,8H,3,7,9-13H2,1-2H3,(H,17,19). The molecule has 1 aliphatic rings. The lowest BCUT2D eigenvalue weighted by Gasteiger charge is -2.36. The van der Waals surface area contributed by atoms with Crippen molar-refractivity contribution in [3.8, 4) is 0 Å². The Morgan fingerprint density at radius 3 is 2.59 bits per heavy atom. The van der Waals surface area contributed by atoms with E-state index < -0.39 is 0 Å². The molecule has 1 aromatic rings. The molecule has 1 N–H and O–H groups in total. The first-order chi connectivity index (χ1) is 10.7. The van der Waals surface area contributed by atoms with Crippen LogP contribution in [0.4, 0.5) is 0 Å². The van der Waals surface area contributed by atoms with Gasteiger partial charge in [-0.2, -0.15) is 0 Å². The minimum Gasteiger partial charge on any atom is -0.357 e. The van der Waals surface area contributed by atoms with E-state index in [1.807, 2.05) is 29.3 Å². The molecule has 120 valence electrons. The summed E-state index contributed by atoms with van der Waals surface area (Å²) in [6.45, 7) is 8.44. The topological polar surface area (TPSA) is 60.8 Å². The van der Waals surface area contributed by atoms with E-state index in [4.69, 9.17) is 4.99 Å². The normalized spacial score (nSPS) is 15.8. The van der Waals surface area contributed by atoms with Crippen molar-refractivity contribution in [2.45, 2.75) is 20.3 Å². The molecule has 1 amide bonds. The summed E-state index contributed by atoms with van der Waals surface area (Å²) in [7, 11) is 0. The third kappa shape index (κ3) is 4.72. The molecular formula is C16H25N5O. The van der Waals surface area contributed by atoms with Crippen LogP contribution in [0.5, 0.6) is 0 Å². The fraction of sp³-hybridized carbons (Fsp3) is 0.562. The third-order valence-corrected chi connectivity index (χ3v) is 3.72. The van der Waals surface area contributed by atoms with E-state index in [-0.39, 0.29) is 5.91 Å². The molecule has 1 saturated heterocycles. The maximum absolute atomic E-state index is 11.4. The number of piperazine rings is 1. The van der Waals surface area contributed by atoms with E-state index in [0.717, 1.165) is 50.8 Å². The zero-order valence-electron chi connectivity index (χ0n) is 13.5. The number of carbonyl (C=O) groups is 1. The van der Waals surface area contributed by atoms with Gasteiger partial charge in [0.15, 0.2) is 5.96 Å². The van der Waals surface area contributed by atoms with Gasteiger partial charge < -0.3 is 15.1 Å². The number of aliphatic imine (C=N–C) groups is 1. The maximum Gasteiger partial charge on any atom is 0.219 e. The number of guanidine groups is 1. The number of nitrogens with zero attached hydrogens (tertiary/aromatic N) is 4. The largest absolute Gasteiger partial charge is 0.357 e. The van der Waals surface area contributed by atoms with Gasteiger partial charge in [-0.05, 0) is 19.1 Å². The van der Waals surface area contributed by atoms with Crippen molar-refractivity contribution < 1.29 is 4.79 Å². The Morgan fingerprint density at radius 2 is 2.00 bits per heavy atom. The van der Waals surface area contributed by atoms with Gasteiger partial charge in [-0.15, -0.1) is 0 Å². The summed E-state index contributed by atoms with van der Waals surface area (Å²) in [5, 5.41) is 3.33. The first kappa shape index (κ1) is 16.3. The SMILES string of the molecule is CCNC(=NCCc1ccccn1)N1CCN(C(C)=O)CC1. The number of pyridine rings is 1. The quantitative estimate of drug-likeness (QED) is 0.659. The molecule has 6 heteroatoms. The number of amides is 1. The van der Waals surface area contributed by atoms with Gasteiger partial charge in [-0.25, -0.2) is 0 Å². The number of aromatic nitrogens is 1. The average Bonchev–Trinajstić information content (AvgIpc) is 2.55. The highest BCUT2D eigenvalue weighted by Gasteiger charge is 2.20. The molecule has 0 bridgehead atoms. The molecule has 0 unspecified atom stereocenters. The Morgan fingerprint density at radius 1 is 1.27 bits per heavy atom. The Hall–Kier alpha value is -2.11. The second-order valence-electron chi connectivity index (χ2n) is 5.30. The van der Waals surface area contributed by atoms with Gasteiger partial charge in [-0.3, -0.25) is 14.8 Å². The van der Waals surface area contributed by atoms with E-state index in [2.05, 4.69) is 22.1 Å². The first-order valence-electron chi connectivity index (χ1n) is 7.89. The lowest BCUT2D eigenvalue weighted by Crippen LogP contribution is -2.53. The van der Waals surface area contributed by atoms with E-state index in [0.29, 0.717) is 6.54 Å². The van der Waals surface area contributed by atoms with Crippen LogP contribution in [0.1, 0.15) is 19.5 Å². The van der Waals surface area contributed by atoms with Gasteiger partial charge in [-0.1, -0.05) is 6.07 Å². The lowest BCUT2D eigenvalue weighted by atomic mass is 10.3. The van der Waals surface area contributed by atoms with Crippen molar-refractivity contribution >= 4 is 11.9 Å². The van der Waals surface area contributed by atoms with Crippen molar-refractivity contribution in [3.63, 3.8) is 0 Å². The molecular weight excluding hydrogens is 278 g/mol. The Kier molecular flexibility index (Phi) is 6.18. The van der Waals surface area contributed by atoms with Crippen LogP contribution in [0.25, 0.3) is 0 Å². The number of hydrogen-bond donors (Lipinski definition) is 1. The second kappa shape index (κ2) is 8.36. The highest BCUT2D eigenvalue weighted by atomic mass is 16.2. The summed E-state index contributed by atoms with van der Waals surface area (Å²) in [5.74, 6) is 1.08. The molecule has 1 aliphatic heterocycles. The summed E-state index contributed by atoms with van der Waals surface area (Å²) in [6, 6.07) is 5.94. The van der Waals surface area contributed by atoms with Gasteiger partial charge in [0.05, 0.1) is 0 Å². The van der Waals surface area contributed by atoms with Crippen molar-refractivity contribution in [3.05, 3.63) is 30.1 Å². The minimum absolute atomic E-state index is 0.150. The molecule has 0 aromatic carbocycles. The third-order valence-electron chi connectivity index (χ3n) is 3.72. The molecule has 0 radical (unpaired) electrons. The predicted octanol–water partition coefficient (Wildman–Crippen LogP) is 0.754. The van der Waals surface area contributed by atoms with Gasteiger partial charge in [0.2, 0.25) is 5.91 Å². The molecule has 1 aromatic heterocycles. The van der Waals surface area contributed by atoms with Gasteiger partial charge >= 0.3 is 0 Å². The summed E-state index contributed by atoms with van der Waals surface area (Å²) in [4.78, 5) is 24.5. The smallest absolute Gasteiger partial charge is 0.219 e. The van der Waals surface area contributed by atoms with Crippen LogP contribution in [-0.2, 0) is 11.2 Å². The van der Waals surface area contributed by atoms with Crippen LogP contribution < -0.4 is 5.32 Å². The van der Waals surface area contributed by atoms with Crippen LogP contribution in [0.3, 0.4) is 0 Å². The average molecular weight is 303 g/mol. The molecule has 2 heterocycles. The zero-order valence-corrected chi connectivity index (χ0v) is 13.5. The Bertz CT molecular complexity index is 495. The summed E-state index contributed by atoms with van der Waals surface area (Å²) in [5.41, 5.74) is 1.06. The van der Waals surface area contributed by atoms with Crippen LogP contribution in [0, 0.1) is 0 Å². The molecule has 0 aliphatic carbocycles. The maximum atomic E-state index is 11.4.